The van der Waals surface area contributed by atoms with Gasteiger partial charge in [-0.2, -0.15) is 0 Å². The molecule has 4 rings (SSSR count). The first-order valence-corrected chi connectivity index (χ1v) is 10.1. The van der Waals surface area contributed by atoms with E-state index in [-0.39, 0.29) is 6.03 Å². The van der Waals surface area contributed by atoms with Crippen molar-refractivity contribution in [2.24, 2.45) is 0 Å². The van der Waals surface area contributed by atoms with Gasteiger partial charge in [0.15, 0.2) is 0 Å². The number of para-hydroxylation sites is 2. The zero-order chi connectivity index (χ0) is 20.2. The van der Waals surface area contributed by atoms with Gasteiger partial charge < -0.3 is 24.4 Å². The molecular formula is C23H28N4O2. The number of piperazine rings is 1. The van der Waals surface area contributed by atoms with Crippen molar-refractivity contribution in [3.63, 3.8) is 0 Å². The molecule has 0 atom stereocenters. The van der Waals surface area contributed by atoms with E-state index in [1.54, 1.807) is 11.9 Å². The quantitative estimate of drug-likeness (QED) is 0.722. The van der Waals surface area contributed by atoms with Crippen LogP contribution in [0, 0.1) is 0 Å². The third kappa shape index (κ3) is 4.54. The van der Waals surface area contributed by atoms with Gasteiger partial charge in [-0.25, -0.2) is 4.79 Å². The van der Waals surface area contributed by atoms with Gasteiger partial charge in [0.05, 0.1) is 6.54 Å². The normalized spacial score (nSPS) is 14.9. The first-order chi connectivity index (χ1) is 14.1. The Morgan fingerprint density at radius 3 is 2.59 bits per heavy atom. The van der Waals surface area contributed by atoms with Gasteiger partial charge in [0.2, 0.25) is 0 Å². The number of rotatable bonds is 5. The number of nitrogens with zero attached hydrogens (tertiary/aromatic N) is 3. The van der Waals surface area contributed by atoms with Crippen molar-refractivity contribution < 1.29 is 9.21 Å². The lowest BCUT2D eigenvalue weighted by Crippen LogP contribution is -2.45. The van der Waals surface area contributed by atoms with Gasteiger partial charge >= 0.3 is 6.03 Å². The average Bonchev–Trinajstić information content (AvgIpc) is 3.15. The van der Waals surface area contributed by atoms with Crippen LogP contribution in [0.25, 0.3) is 11.0 Å². The van der Waals surface area contributed by atoms with E-state index in [2.05, 4.69) is 40.4 Å². The summed E-state index contributed by atoms with van der Waals surface area (Å²) in [6, 6.07) is 18.1. The second kappa shape index (κ2) is 8.57. The number of furan rings is 1. The van der Waals surface area contributed by atoms with E-state index in [0.717, 1.165) is 48.5 Å². The van der Waals surface area contributed by atoms with Gasteiger partial charge in [-0.3, -0.25) is 0 Å². The smallest absolute Gasteiger partial charge is 0.317 e. The number of amides is 2. The molecule has 0 spiro atoms. The highest BCUT2D eigenvalue weighted by Crippen LogP contribution is 2.22. The van der Waals surface area contributed by atoms with Crippen molar-refractivity contribution in [1.29, 1.82) is 0 Å². The third-order valence-corrected chi connectivity index (χ3v) is 5.48. The molecule has 29 heavy (non-hydrogen) atoms. The molecule has 3 aromatic rings. The molecule has 1 aromatic heterocycles. The molecule has 0 saturated carbocycles. The van der Waals surface area contributed by atoms with Crippen LogP contribution >= 0.6 is 0 Å². The second-order valence-electron chi connectivity index (χ2n) is 7.68. The zero-order valence-electron chi connectivity index (χ0n) is 17.1. The summed E-state index contributed by atoms with van der Waals surface area (Å²) in [4.78, 5) is 19.0. The van der Waals surface area contributed by atoms with Crippen LogP contribution in [0.1, 0.15) is 11.3 Å². The fourth-order valence-electron chi connectivity index (χ4n) is 3.74. The fraction of sp³-hybridized carbons (Fsp3) is 0.348. The van der Waals surface area contributed by atoms with Crippen LogP contribution in [0.5, 0.6) is 0 Å². The van der Waals surface area contributed by atoms with E-state index < -0.39 is 0 Å². The highest BCUT2D eigenvalue weighted by Gasteiger charge is 2.18. The van der Waals surface area contributed by atoms with Gasteiger partial charge in [0, 0.05) is 50.8 Å². The molecular weight excluding hydrogens is 364 g/mol. The van der Waals surface area contributed by atoms with E-state index in [0.29, 0.717) is 13.1 Å². The largest absolute Gasteiger partial charge is 0.459 e. The molecule has 1 aliphatic rings. The second-order valence-corrected chi connectivity index (χ2v) is 7.68. The summed E-state index contributed by atoms with van der Waals surface area (Å²) in [6.07, 6.45) is 0. The number of nitrogens with one attached hydrogen (secondary N) is 1. The molecule has 6 nitrogen and oxygen atoms in total. The minimum absolute atomic E-state index is 0.112. The number of hydrogen-bond acceptors (Lipinski definition) is 4. The molecule has 1 saturated heterocycles. The lowest BCUT2D eigenvalue weighted by atomic mass is 10.1. The first-order valence-electron chi connectivity index (χ1n) is 10.1. The Labute approximate surface area is 171 Å². The first kappa shape index (κ1) is 19.3. The van der Waals surface area contributed by atoms with Gasteiger partial charge in [-0.05, 0) is 30.8 Å². The Hall–Kier alpha value is -2.99. The number of anilines is 1. The number of carbonyl (C=O) groups is 1. The highest BCUT2D eigenvalue weighted by molar-refractivity contribution is 5.78. The summed E-state index contributed by atoms with van der Waals surface area (Å²) in [5.74, 6) is 0.779. The van der Waals surface area contributed by atoms with E-state index in [1.165, 1.54) is 5.69 Å². The van der Waals surface area contributed by atoms with E-state index in [4.69, 9.17) is 4.42 Å². The summed E-state index contributed by atoms with van der Waals surface area (Å²) in [5.41, 5.74) is 3.20. The van der Waals surface area contributed by atoms with Crippen LogP contribution in [-0.2, 0) is 13.1 Å². The molecule has 1 N–H and O–H groups in total. The number of hydrogen-bond donors (Lipinski definition) is 1. The molecule has 1 fully saturated rings. The van der Waals surface area contributed by atoms with Crippen molar-refractivity contribution >= 4 is 22.7 Å². The zero-order valence-corrected chi connectivity index (χ0v) is 17.1. The van der Waals surface area contributed by atoms with Crippen LogP contribution in [-0.4, -0.2) is 56.1 Å². The molecule has 2 amide bonds. The predicted molar refractivity (Wildman–Crippen MR) is 116 cm³/mol. The van der Waals surface area contributed by atoms with Crippen molar-refractivity contribution in [3.05, 3.63) is 65.9 Å². The van der Waals surface area contributed by atoms with E-state index >= 15 is 0 Å². The summed E-state index contributed by atoms with van der Waals surface area (Å²) >= 11 is 0. The number of carbonyl (C=O) groups excluding carboxylic acids is 1. The van der Waals surface area contributed by atoms with Crippen LogP contribution in [0.4, 0.5) is 10.5 Å². The van der Waals surface area contributed by atoms with Gasteiger partial charge in [-0.1, -0.05) is 36.4 Å². The summed E-state index contributed by atoms with van der Waals surface area (Å²) < 4.78 is 5.83. The van der Waals surface area contributed by atoms with Crippen LogP contribution in [0.2, 0.25) is 0 Å². The van der Waals surface area contributed by atoms with Crippen molar-refractivity contribution in [3.8, 4) is 0 Å². The van der Waals surface area contributed by atoms with Crippen molar-refractivity contribution in [2.75, 3.05) is 45.2 Å². The fourth-order valence-corrected chi connectivity index (χ4v) is 3.74. The molecule has 6 heteroatoms. The Morgan fingerprint density at radius 1 is 1.07 bits per heavy atom. The lowest BCUT2D eigenvalue weighted by Gasteiger charge is -2.35. The highest BCUT2D eigenvalue weighted by atomic mass is 16.3. The van der Waals surface area contributed by atoms with Crippen LogP contribution in [0.3, 0.4) is 0 Å². The maximum atomic E-state index is 12.6. The average molecular weight is 393 g/mol. The minimum atomic E-state index is -0.112. The minimum Gasteiger partial charge on any atom is -0.459 e. The Balaban J connectivity index is 1.36. The number of fused-ring (bicyclic) bond motifs is 1. The Bertz CT molecular complexity index is 943. The SMILES string of the molecule is CN1CCN(c2ccccc2CNC(=O)N(C)Cc2cc3ccccc3o2)CC1. The van der Waals surface area contributed by atoms with Gasteiger partial charge in [0.1, 0.15) is 11.3 Å². The summed E-state index contributed by atoms with van der Waals surface area (Å²) in [5, 5.41) is 4.10. The van der Waals surface area contributed by atoms with Crippen LogP contribution < -0.4 is 10.2 Å². The topological polar surface area (TPSA) is 52.0 Å². The molecule has 152 valence electrons. The molecule has 2 aromatic carbocycles. The molecule has 0 radical (unpaired) electrons. The van der Waals surface area contributed by atoms with Crippen molar-refractivity contribution in [1.82, 2.24) is 15.1 Å². The Kier molecular flexibility index (Phi) is 5.71. The monoisotopic (exact) mass is 392 g/mol. The molecule has 2 heterocycles. The maximum absolute atomic E-state index is 12.6. The summed E-state index contributed by atoms with van der Waals surface area (Å²) in [7, 11) is 3.94. The number of urea groups is 1. The van der Waals surface area contributed by atoms with Crippen LogP contribution in [0.15, 0.2) is 59.0 Å². The van der Waals surface area contributed by atoms with E-state index in [1.807, 2.05) is 36.4 Å². The molecule has 1 aliphatic heterocycles. The number of likely N-dealkylation sites (N-methyl/N-ethyl adjacent to an activating group) is 1. The maximum Gasteiger partial charge on any atom is 0.317 e. The van der Waals surface area contributed by atoms with Gasteiger partial charge in [-0.15, -0.1) is 0 Å². The van der Waals surface area contributed by atoms with Gasteiger partial charge in [0.25, 0.3) is 0 Å². The standard InChI is InChI=1S/C23H28N4O2/c1-25-11-13-27(14-12-25)21-9-5-3-8-19(21)16-24-23(28)26(2)17-20-15-18-7-4-6-10-22(18)29-20/h3-10,15H,11-14,16-17H2,1-2H3,(H,24,28). The molecule has 0 unspecified atom stereocenters. The lowest BCUT2D eigenvalue weighted by molar-refractivity contribution is 0.203. The predicted octanol–water partition coefficient (Wildman–Crippen LogP) is 3.53. The molecule has 0 aliphatic carbocycles. The Morgan fingerprint density at radius 2 is 1.79 bits per heavy atom. The molecule has 0 bridgehead atoms. The number of benzene rings is 2. The third-order valence-electron chi connectivity index (χ3n) is 5.48. The van der Waals surface area contributed by atoms with Crippen molar-refractivity contribution in [2.45, 2.75) is 13.1 Å². The van der Waals surface area contributed by atoms with E-state index in [9.17, 15) is 4.79 Å². The summed E-state index contributed by atoms with van der Waals surface area (Å²) in [6.45, 7) is 5.06.